The standard InChI is InChI=1S/C49H50N4/c1-30-38-15-11-12-16-39(38)45(51-30)53-44-21-18-35(47(2,3)4)29-41(44)40-19-20-43(52-46(40)53)34-24-31(23-33(25-34)42-17-13-14-22-50-42)32-26-36(48(5,6)7)28-37(27-32)49(8,9)10/h11-29,51H,1-10H3. The van der Waals surface area contributed by atoms with E-state index in [0.717, 1.165) is 56.1 Å². The monoisotopic (exact) mass is 694 g/mol. The first-order chi connectivity index (χ1) is 25.1. The Bertz CT molecular complexity index is 2640. The lowest BCUT2D eigenvalue weighted by Gasteiger charge is -2.26. The molecule has 53 heavy (non-hydrogen) atoms. The van der Waals surface area contributed by atoms with Crippen molar-refractivity contribution < 1.29 is 0 Å². The van der Waals surface area contributed by atoms with E-state index in [4.69, 9.17) is 9.97 Å². The van der Waals surface area contributed by atoms with Crippen LogP contribution in [0.1, 0.15) is 84.7 Å². The van der Waals surface area contributed by atoms with Crippen LogP contribution in [0, 0.1) is 6.92 Å². The lowest BCUT2D eigenvalue weighted by atomic mass is 9.78. The molecule has 1 N–H and O–H groups in total. The van der Waals surface area contributed by atoms with Crippen LogP contribution in [0.15, 0.2) is 115 Å². The molecule has 4 aromatic heterocycles. The number of nitrogens with one attached hydrogen (secondary N) is 1. The molecule has 0 saturated heterocycles. The van der Waals surface area contributed by atoms with Crippen molar-refractivity contribution in [3.05, 3.63) is 138 Å². The molecular weight excluding hydrogens is 645 g/mol. The number of aryl methyl sites for hydroxylation is 1. The summed E-state index contributed by atoms with van der Waals surface area (Å²) in [6.07, 6.45) is 1.87. The van der Waals surface area contributed by atoms with Crippen LogP contribution >= 0.6 is 0 Å². The Labute approximate surface area is 314 Å². The minimum Gasteiger partial charge on any atom is -0.344 e. The van der Waals surface area contributed by atoms with Gasteiger partial charge in [-0.3, -0.25) is 9.55 Å². The van der Waals surface area contributed by atoms with Crippen molar-refractivity contribution in [1.29, 1.82) is 0 Å². The molecule has 0 aliphatic heterocycles. The van der Waals surface area contributed by atoms with Gasteiger partial charge in [-0.05, 0) is 106 Å². The van der Waals surface area contributed by atoms with E-state index in [0.29, 0.717) is 0 Å². The van der Waals surface area contributed by atoms with Crippen LogP contribution in [-0.2, 0) is 16.2 Å². The van der Waals surface area contributed by atoms with E-state index in [-0.39, 0.29) is 16.2 Å². The van der Waals surface area contributed by atoms with Crippen molar-refractivity contribution in [3.63, 3.8) is 0 Å². The van der Waals surface area contributed by atoms with Crippen molar-refractivity contribution in [2.45, 2.75) is 85.5 Å². The molecule has 0 spiro atoms. The number of H-pyrrole nitrogens is 1. The van der Waals surface area contributed by atoms with Crippen LogP contribution in [0.3, 0.4) is 0 Å². The van der Waals surface area contributed by atoms with Gasteiger partial charge in [-0.15, -0.1) is 0 Å². The highest BCUT2D eigenvalue weighted by atomic mass is 15.1. The van der Waals surface area contributed by atoms with Gasteiger partial charge in [0.1, 0.15) is 11.5 Å². The van der Waals surface area contributed by atoms with Gasteiger partial charge in [-0.25, -0.2) is 4.98 Å². The smallest absolute Gasteiger partial charge is 0.147 e. The average Bonchev–Trinajstić information content (AvgIpc) is 3.63. The number of fused-ring (bicyclic) bond motifs is 4. The van der Waals surface area contributed by atoms with Gasteiger partial charge in [-0.2, -0.15) is 0 Å². The van der Waals surface area contributed by atoms with Gasteiger partial charge < -0.3 is 4.98 Å². The number of aromatic amines is 1. The highest BCUT2D eigenvalue weighted by Gasteiger charge is 2.24. The topological polar surface area (TPSA) is 46.5 Å². The van der Waals surface area contributed by atoms with E-state index < -0.39 is 0 Å². The van der Waals surface area contributed by atoms with Crippen molar-refractivity contribution >= 4 is 32.7 Å². The van der Waals surface area contributed by atoms with E-state index in [1.165, 1.54) is 38.4 Å². The van der Waals surface area contributed by atoms with Crippen LogP contribution in [0.4, 0.5) is 0 Å². The first-order valence-corrected chi connectivity index (χ1v) is 18.8. The minimum atomic E-state index is 0.00460. The summed E-state index contributed by atoms with van der Waals surface area (Å²) in [5, 5.41) is 4.75. The van der Waals surface area contributed by atoms with Gasteiger partial charge in [0.05, 0.1) is 16.9 Å². The summed E-state index contributed by atoms with van der Waals surface area (Å²) in [5.74, 6) is 1.04. The molecule has 0 fully saturated rings. The first kappa shape index (κ1) is 34.6. The molecule has 4 heterocycles. The number of aromatic nitrogens is 4. The summed E-state index contributed by atoms with van der Waals surface area (Å²) in [6, 6.07) is 40.1. The molecule has 0 aliphatic rings. The molecule has 0 saturated carbocycles. The van der Waals surface area contributed by atoms with Crippen LogP contribution < -0.4 is 0 Å². The maximum absolute atomic E-state index is 5.57. The van der Waals surface area contributed by atoms with Gasteiger partial charge in [-0.1, -0.05) is 117 Å². The molecule has 266 valence electrons. The van der Waals surface area contributed by atoms with E-state index >= 15 is 0 Å². The molecule has 4 heteroatoms. The fraction of sp³-hybridized carbons (Fsp3) is 0.265. The maximum Gasteiger partial charge on any atom is 0.147 e. The number of rotatable bonds is 4. The van der Waals surface area contributed by atoms with Gasteiger partial charge in [0.25, 0.3) is 0 Å². The molecule has 8 aromatic rings. The van der Waals surface area contributed by atoms with Gasteiger partial charge in [0, 0.05) is 44.6 Å². The zero-order chi connectivity index (χ0) is 37.4. The Hall–Kier alpha value is -5.48. The first-order valence-electron chi connectivity index (χ1n) is 18.8. The van der Waals surface area contributed by atoms with E-state index in [2.05, 4.69) is 182 Å². The highest BCUT2D eigenvalue weighted by Crippen LogP contribution is 2.40. The van der Waals surface area contributed by atoms with Crippen LogP contribution in [0.2, 0.25) is 0 Å². The van der Waals surface area contributed by atoms with Crippen molar-refractivity contribution in [3.8, 4) is 39.5 Å². The lowest BCUT2D eigenvalue weighted by Crippen LogP contribution is -2.16. The second kappa shape index (κ2) is 12.3. The van der Waals surface area contributed by atoms with Gasteiger partial charge >= 0.3 is 0 Å². The quantitative estimate of drug-likeness (QED) is 0.199. The average molecular weight is 695 g/mol. The minimum absolute atomic E-state index is 0.00460. The number of hydrogen-bond acceptors (Lipinski definition) is 2. The number of hydrogen-bond donors (Lipinski definition) is 1. The van der Waals surface area contributed by atoms with Crippen molar-refractivity contribution in [2.24, 2.45) is 0 Å². The summed E-state index contributed by atoms with van der Waals surface area (Å²) < 4.78 is 2.34. The van der Waals surface area contributed by atoms with E-state index in [1.807, 2.05) is 12.3 Å². The maximum atomic E-state index is 5.57. The van der Waals surface area contributed by atoms with Crippen molar-refractivity contribution in [2.75, 3.05) is 0 Å². The summed E-state index contributed by atoms with van der Waals surface area (Å²) in [7, 11) is 0. The Morgan fingerprint density at radius 1 is 0.491 bits per heavy atom. The third-order valence-electron chi connectivity index (χ3n) is 10.8. The predicted molar refractivity (Wildman–Crippen MR) is 225 cm³/mol. The summed E-state index contributed by atoms with van der Waals surface area (Å²) in [6.45, 7) is 22.8. The molecule has 0 bridgehead atoms. The zero-order valence-electron chi connectivity index (χ0n) is 32.8. The SMILES string of the molecule is Cc1[nH]c(-n2c3ccc(C(C)(C)C)cc3c3ccc(-c4cc(-c5cc(C(C)(C)C)cc(C(C)(C)C)c5)cc(-c5ccccn5)c4)nc32)c2ccccc12. The van der Waals surface area contributed by atoms with Crippen LogP contribution in [0.5, 0.6) is 0 Å². The molecule has 8 rings (SSSR count). The van der Waals surface area contributed by atoms with Crippen LogP contribution in [-0.4, -0.2) is 19.5 Å². The Morgan fingerprint density at radius 3 is 1.74 bits per heavy atom. The fourth-order valence-electron chi connectivity index (χ4n) is 7.53. The summed E-state index contributed by atoms with van der Waals surface area (Å²) in [5.41, 5.74) is 13.6. The largest absolute Gasteiger partial charge is 0.344 e. The van der Waals surface area contributed by atoms with E-state index in [1.54, 1.807) is 0 Å². The van der Waals surface area contributed by atoms with E-state index in [9.17, 15) is 0 Å². The summed E-state index contributed by atoms with van der Waals surface area (Å²) >= 11 is 0. The molecule has 0 radical (unpaired) electrons. The number of benzene rings is 4. The number of nitrogens with zero attached hydrogens (tertiary/aromatic N) is 3. The summed E-state index contributed by atoms with van der Waals surface area (Å²) in [4.78, 5) is 14.1. The third kappa shape index (κ3) is 6.24. The van der Waals surface area contributed by atoms with Gasteiger partial charge in [0.15, 0.2) is 0 Å². The Kier molecular flexibility index (Phi) is 8.03. The Morgan fingerprint density at radius 2 is 1.09 bits per heavy atom. The second-order valence-corrected chi connectivity index (χ2v) is 17.8. The number of pyridine rings is 2. The molecule has 4 nitrogen and oxygen atoms in total. The molecular formula is C49H50N4. The van der Waals surface area contributed by atoms with Crippen LogP contribution in [0.25, 0.3) is 72.2 Å². The van der Waals surface area contributed by atoms with Crippen molar-refractivity contribution in [1.82, 2.24) is 19.5 Å². The zero-order valence-corrected chi connectivity index (χ0v) is 32.8. The molecule has 0 amide bonds. The highest BCUT2D eigenvalue weighted by molar-refractivity contribution is 6.10. The molecule has 0 atom stereocenters. The molecule has 0 unspecified atom stereocenters. The normalized spacial score (nSPS) is 12.7. The molecule has 4 aromatic carbocycles. The lowest BCUT2D eigenvalue weighted by molar-refractivity contribution is 0.569. The fourth-order valence-corrected chi connectivity index (χ4v) is 7.53. The third-order valence-corrected chi connectivity index (χ3v) is 10.8. The van der Waals surface area contributed by atoms with Gasteiger partial charge in [0.2, 0.25) is 0 Å². The Balaban J connectivity index is 1.41. The predicted octanol–water partition coefficient (Wildman–Crippen LogP) is 13.3. The second-order valence-electron chi connectivity index (χ2n) is 17.8. The molecule has 0 aliphatic carbocycles.